The molecule has 10 heteroatoms. The van der Waals surface area contributed by atoms with Gasteiger partial charge in [-0.25, -0.2) is 4.79 Å². The molecule has 0 saturated heterocycles. The summed E-state index contributed by atoms with van der Waals surface area (Å²) in [5.41, 5.74) is -0.0501. The summed E-state index contributed by atoms with van der Waals surface area (Å²) in [6.07, 6.45) is 1.17. The first kappa shape index (κ1) is 15.3. The van der Waals surface area contributed by atoms with E-state index in [2.05, 4.69) is 9.99 Å². The van der Waals surface area contributed by atoms with Crippen LogP contribution < -0.4 is 0 Å². The lowest BCUT2D eigenvalue weighted by Crippen LogP contribution is -2.01. The zero-order valence-corrected chi connectivity index (χ0v) is 11.6. The average molecular weight is 321 g/mol. The third-order valence-corrected chi connectivity index (χ3v) is 3.39. The highest BCUT2D eigenvalue weighted by Crippen LogP contribution is 2.22. The van der Waals surface area contributed by atoms with Gasteiger partial charge >= 0.3 is 11.0 Å². The Morgan fingerprint density at radius 2 is 1.77 bits per heavy atom. The van der Waals surface area contributed by atoms with E-state index in [0.29, 0.717) is 4.88 Å². The molecule has 0 N–H and O–H groups in total. The molecule has 1 aromatic carbocycles. The summed E-state index contributed by atoms with van der Waals surface area (Å²) in [6.45, 7) is 0. The first-order valence-corrected chi connectivity index (χ1v) is 6.52. The molecule has 22 heavy (non-hydrogen) atoms. The largest absolute Gasteiger partial charge is 0.365 e. The van der Waals surface area contributed by atoms with Crippen molar-refractivity contribution < 1.29 is 19.5 Å². The van der Waals surface area contributed by atoms with Gasteiger partial charge in [0.05, 0.1) is 26.5 Å². The molecule has 112 valence electrons. The van der Waals surface area contributed by atoms with E-state index in [-0.39, 0.29) is 16.3 Å². The molecule has 0 radical (unpaired) electrons. The smallest absolute Gasteiger partial charge is 0.313 e. The van der Waals surface area contributed by atoms with Crippen LogP contribution >= 0.6 is 11.3 Å². The summed E-state index contributed by atoms with van der Waals surface area (Å²) in [5, 5.41) is 24.3. The minimum Gasteiger partial charge on any atom is -0.313 e. The monoisotopic (exact) mass is 321 g/mol. The zero-order valence-electron chi connectivity index (χ0n) is 10.7. The third-order valence-electron chi connectivity index (χ3n) is 2.42. The predicted molar refractivity (Wildman–Crippen MR) is 77.1 cm³/mol. The molecule has 2 rings (SSSR count). The van der Waals surface area contributed by atoms with Gasteiger partial charge in [-0.1, -0.05) is 16.5 Å². The van der Waals surface area contributed by atoms with Crippen LogP contribution in [0.15, 0.2) is 41.6 Å². The maximum Gasteiger partial charge on any atom is 0.365 e. The number of carbonyl (C=O) groups excluding carboxylic acids is 1. The Kier molecular flexibility index (Phi) is 4.53. The minimum absolute atomic E-state index is 0.0526. The molecule has 0 amide bonds. The number of oxime groups is 1. The number of rotatable bonds is 5. The quantitative estimate of drug-likeness (QED) is 0.361. The van der Waals surface area contributed by atoms with Crippen LogP contribution in [0.1, 0.15) is 15.2 Å². The Morgan fingerprint density at radius 3 is 2.32 bits per heavy atom. The fourth-order valence-corrected chi connectivity index (χ4v) is 2.09. The van der Waals surface area contributed by atoms with Crippen LogP contribution in [0.4, 0.5) is 10.7 Å². The number of non-ortho nitro benzene ring substituents is 1. The van der Waals surface area contributed by atoms with Crippen LogP contribution in [0.2, 0.25) is 0 Å². The van der Waals surface area contributed by atoms with Crippen molar-refractivity contribution in [2.45, 2.75) is 0 Å². The van der Waals surface area contributed by atoms with Gasteiger partial charge in [-0.3, -0.25) is 20.2 Å². The summed E-state index contributed by atoms with van der Waals surface area (Å²) >= 11 is 0.879. The lowest BCUT2D eigenvalue weighted by molar-refractivity contribution is -0.384. The molecule has 1 aromatic heterocycles. The molecule has 1 heterocycles. The lowest BCUT2D eigenvalue weighted by Gasteiger charge is -1.97. The minimum atomic E-state index is -0.794. The average Bonchev–Trinajstić information content (AvgIpc) is 2.96. The van der Waals surface area contributed by atoms with Crippen LogP contribution in [-0.2, 0) is 4.84 Å². The van der Waals surface area contributed by atoms with Gasteiger partial charge in [-0.15, -0.1) is 0 Å². The number of nitro groups is 2. The van der Waals surface area contributed by atoms with Crippen molar-refractivity contribution in [2.24, 2.45) is 5.16 Å². The van der Waals surface area contributed by atoms with Crippen LogP contribution in [-0.4, -0.2) is 22.0 Å². The number of nitro benzene ring substituents is 1. The number of hydrogen-bond donors (Lipinski definition) is 0. The van der Waals surface area contributed by atoms with E-state index in [1.165, 1.54) is 42.6 Å². The lowest BCUT2D eigenvalue weighted by atomic mass is 10.2. The van der Waals surface area contributed by atoms with Crippen molar-refractivity contribution in [3.05, 3.63) is 67.1 Å². The highest BCUT2D eigenvalue weighted by atomic mass is 32.1. The number of benzene rings is 1. The molecule has 0 bridgehead atoms. The number of thiophene rings is 1. The van der Waals surface area contributed by atoms with E-state index in [1.54, 1.807) is 0 Å². The van der Waals surface area contributed by atoms with Gasteiger partial charge in [0.15, 0.2) is 0 Å². The molecule has 9 nitrogen and oxygen atoms in total. The van der Waals surface area contributed by atoms with Gasteiger partial charge in [0.25, 0.3) is 5.69 Å². The molecule has 0 unspecified atom stereocenters. The first-order chi connectivity index (χ1) is 10.5. The van der Waals surface area contributed by atoms with Crippen molar-refractivity contribution in [3.8, 4) is 0 Å². The van der Waals surface area contributed by atoms with E-state index < -0.39 is 15.8 Å². The van der Waals surface area contributed by atoms with Crippen LogP contribution in [0.3, 0.4) is 0 Å². The van der Waals surface area contributed by atoms with Gasteiger partial charge in [-0.2, -0.15) is 0 Å². The Bertz CT molecular complexity index is 752. The number of carbonyl (C=O) groups is 1. The Labute approximate surface area is 126 Å². The molecule has 2 aromatic rings. The summed E-state index contributed by atoms with van der Waals surface area (Å²) in [7, 11) is 0. The standard InChI is InChI=1S/C12H7N3O6S/c16-12(8-1-3-9(4-2-8)14(17)18)21-13-7-10-5-6-11(22-10)15(19)20/h1-7H/b13-7-. The molecular weight excluding hydrogens is 314 g/mol. The van der Waals surface area contributed by atoms with Crippen molar-refractivity contribution in [1.29, 1.82) is 0 Å². The number of hydrogen-bond acceptors (Lipinski definition) is 8. The predicted octanol–water partition coefficient (Wildman–Crippen LogP) is 2.76. The van der Waals surface area contributed by atoms with Gasteiger partial charge in [-0.05, 0) is 18.2 Å². The summed E-state index contributed by atoms with van der Waals surface area (Å²) in [4.78, 5) is 36.5. The summed E-state index contributed by atoms with van der Waals surface area (Å²) in [6, 6.07) is 7.60. The van der Waals surface area contributed by atoms with E-state index in [1.807, 2.05) is 0 Å². The molecule has 0 saturated carbocycles. The Hall–Kier alpha value is -3.14. The van der Waals surface area contributed by atoms with E-state index in [9.17, 15) is 25.0 Å². The molecular formula is C12H7N3O6S. The highest BCUT2D eigenvalue weighted by Gasteiger charge is 2.11. The Morgan fingerprint density at radius 1 is 1.09 bits per heavy atom. The number of nitrogens with zero attached hydrogens (tertiary/aromatic N) is 3. The fourth-order valence-electron chi connectivity index (χ4n) is 1.41. The topological polar surface area (TPSA) is 125 Å². The Balaban J connectivity index is 1.98. The maximum absolute atomic E-state index is 11.6. The van der Waals surface area contributed by atoms with E-state index >= 15 is 0 Å². The second-order valence-corrected chi connectivity index (χ2v) is 4.94. The van der Waals surface area contributed by atoms with Crippen molar-refractivity contribution >= 4 is 34.2 Å². The van der Waals surface area contributed by atoms with Crippen LogP contribution in [0.25, 0.3) is 0 Å². The van der Waals surface area contributed by atoms with Gasteiger partial charge in [0.1, 0.15) is 0 Å². The van der Waals surface area contributed by atoms with Crippen molar-refractivity contribution in [1.82, 2.24) is 0 Å². The summed E-state index contributed by atoms with van der Waals surface area (Å²) < 4.78 is 0. The van der Waals surface area contributed by atoms with E-state index in [4.69, 9.17) is 0 Å². The molecule has 0 aliphatic carbocycles. The molecule has 0 spiro atoms. The normalized spacial score (nSPS) is 10.5. The second kappa shape index (κ2) is 6.54. The molecule has 0 fully saturated rings. The van der Waals surface area contributed by atoms with Gasteiger partial charge in [0, 0.05) is 18.2 Å². The fraction of sp³-hybridized carbons (Fsp3) is 0. The maximum atomic E-state index is 11.6. The molecule has 0 atom stereocenters. The SMILES string of the molecule is O=C(O/N=C\c1ccc([N+](=O)[O-])s1)c1ccc([N+](=O)[O-])cc1. The van der Waals surface area contributed by atoms with Crippen LogP contribution in [0.5, 0.6) is 0 Å². The molecule has 0 aliphatic rings. The van der Waals surface area contributed by atoms with Crippen molar-refractivity contribution in [2.75, 3.05) is 0 Å². The third kappa shape index (κ3) is 3.70. The zero-order chi connectivity index (χ0) is 16.1. The summed E-state index contributed by atoms with van der Waals surface area (Å²) in [5.74, 6) is -0.794. The highest BCUT2D eigenvalue weighted by molar-refractivity contribution is 7.16. The van der Waals surface area contributed by atoms with Crippen molar-refractivity contribution in [3.63, 3.8) is 0 Å². The first-order valence-electron chi connectivity index (χ1n) is 5.71. The van der Waals surface area contributed by atoms with Gasteiger partial charge in [0.2, 0.25) is 0 Å². The van der Waals surface area contributed by atoms with Gasteiger partial charge < -0.3 is 4.84 Å². The van der Waals surface area contributed by atoms with Crippen LogP contribution in [0, 0.1) is 20.2 Å². The molecule has 0 aliphatic heterocycles. The second-order valence-electron chi connectivity index (χ2n) is 3.85. The van der Waals surface area contributed by atoms with E-state index in [0.717, 1.165) is 11.3 Å².